The third kappa shape index (κ3) is 3.86. The Balaban J connectivity index is 1.37. The molecule has 1 unspecified atom stereocenters. The fourth-order valence-electron chi connectivity index (χ4n) is 4.45. The summed E-state index contributed by atoms with van der Waals surface area (Å²) < 4.78 is 7.32. The van der Waals surface area contributed by atoms with Crippen LogP contribution in [0.25, 0.3) is 11.0 Å². The molecule has 1 amide bonds. The zero-order valence-electron chi connectivity index (χ0n) is 18.0. The van der Waals surface area contributed by atoms with E-state index in [1.807, 2.05) is 24.5 Å². The molecule has 0 bridgehead atoms. The molecule has 31 heavy (non-hydrogen) atoms. The summed E-state index contributed by atoms with van der Waals surface area (Å²) in [7, 11) is 0. The molecule has 3 aromatic rings. The summed E-state index contributed by atoms with van der Waals surface area (Å²) in [5.74, 6) is 1.99. The number of carbonyl (C=O) groups is 1. The lowest BCUT2D eigenvalue weighted by atomic mass is 9.94. The minimum absolute atomic E-state index is 0.205. The van der Waals surface area contributed by atoms with Crippen molar-refractivity contribution in [3.63, 3.8) is 0 Å². The Hall–Kier alpha value is -3.03. The Morgan fingerprint density at radius 3 is 2.84 bits per heavy atom. The average Bonchev–Trinajstić information content (AvgIpc) is 3.53. The standard InChI is InChI=1S/C23H27N5O3/c1-3-27-13-18(20(29)17-9-6-14(2)24-22(17)27)23(30)28-10-4-5-15(12-28)11-19-25-21(26-31-19)16-7-8-16/h6,9,13,15-16H,3-5,7-8,10-12H2,1-2H3. The third-order valence-corrected chi connectivity index (χ3v) is 6.33. The number of piperidine rings is 1. The van der Waals surface area contributed by atoms with Crippen LogP contribution < -0.4 is 5.43 Å². The molecule has 3 aromatic heterocycles. The van der Waals surface area contributed by atoms with Crippen LogP contribution in [-0.4, -0.2) is 43.6 Å². The number of hydrogen-bond donors (Lipinski definition) is 0. The topological polar surface area (TPSA) is 94.1 Å². The molecule has 2 aliphatic rings. The van der Waals surface area contributed by atoms with Gasteiger partial charge in [0.2, 0.25) is 11.3 Å². The molecule has 1 atom stereocenters. The summed E-state index contributed by atoms with van der Waals surface area (Å²) in [5.41, 5.74) is 1.45. The van der Waals surface area contributed by atoms with Gasteiger partial charge in [-0.15, -0.1) is 0 Å². The van der Waals surface area contributed by atoms with Crippen molar-refractivity contribution in [1.29, 1.82) is 0 Å². The first-order valence-corrected chi connectivity index (χ1v) is 11.2. The van der Waals surface area contributed by atoms with E-state index in [4.69, 9.17) is 4.52 Å². The van der Waals surface area contributed by atoms with E-state index in [2.05, 4.69) is 15.1 Å². The lowest BCUT2D eigenvalue weighted by molar-refractivity contribution is 0.0666. The number of likely N-dealkylation sites (tertiary alicyclic amines) is 1. The minimum atomic E-state index is -0.245. The number of aromatic nitrogens is 4. The highest BCUT2D eigenvalue weighted by Crippen LogP contribution is 2.38. The maximum absolute atomic E-state index is 13.3. The zero-order chi connectivity index (χ0) is 21.5. The first kappa shape index (κ1) is 19.9. The molecule has 1 aliphatic heterocycles. The number of rotatable bonds is 5. The largest absolute Gasteiger partial charge is 0.339 e. The van der Waals surface area contributed by atoms with Gasteiger partial charge >= 0.3 is 0 Å². The number of hydrogen-bond acceptors (Lipinski definition) is 6. The fourth-order valence-corrected chi connectivity index (χ4v) is 4.45. The van der Waals surface area contributed by atoms with Gasteiger partial charge in [-0.25, -0.2) is 4.98 Å². The molecule has 0 aromatic carbocycles. The molecular formula is C23H27N5O3. The van der Waals surface area contributed by atoms with Crippen LogP contribution in [0.4, 0.5) is 0 Å². The molecular weight excluding hydrogens is 394 g/mol. The van der Waals surface area contributed by atoms with Crippen molar-refractivity contribution in [2.24, 2.45) is 5.92 Å². The maximum Gasteiger partial charge on any atom is 0.259 e. The molecule has 8 nitrogen and oxygen atoms in total. The minimum Gasteiger partial charge on any atom is -0.339 e. The molecule has 8 heteroatoms. The van der Waals surface area contributed by atoms with Crippen LogP contribution in [0.2, 0.25) is 0 Å². The van der Waals surface area contributed by atoms with E-state index >= 15 is 0 Å². The second-order valence-corrected chi connectivity index (χ2v) is 8.77. The number of aryl methyl sites for hydroxylation is 2. The highest BCUT2D eigenvalue weighted by Gasteiger charge is 2.31. The average molecular weight is 422 g/mol. The van der Waals surface area contributed by atoms with Crippen LogP contribution in [0.15, 0.2) is 27.6 Å². The normalized spacial score (nSPS) is 19.2. The van der Waals surface area contributed by atoms with Crippen molar-refractivity contribution in [3.05, 3.63) is 51.5 Å². The van der Waals surface area contributed by atoms with Gasteiger partial charge in [-0.2, -0.15) is 4.98 Å². The van der Waals surface area contributed by atoms with E-state index in [1.165, 1.54) is 0 Å². The van der Waals surface area contributed by atoms with Crippen molar-refractivity contribution in [2.45, 2.75) is 58.4 Å². The summed E-state index contributed by atoms with van der Waals surface area (Å²) >= 11 is 0. The van der Waals surface area contributed by atoms with E-state index in [0.29, 0.717) is 48.9 Å². The molecule has 2 fully saturated rings. The summed E-state index contributed by atoms with van der Waals surface area (Å²) in [6, 6.07) is 3.59. The Morgan fingerprint density at radius 2 is 2.06 bits per heavy atom. The monoisotopic (exact) mass is 421 g/mol. The molecule has 0 N–H and O–H groups in total. The van der Waals surface area contributed by atoms with Crippen molar-refractivity contribution in [3.8, 4) is 0 Å². The number of amides is 1. The molecule has 1 saturated heterocycles. The van der Waals surface area contributed by atoms with Gasteiger partial charge in [0, 0.05) is 43.9 Å². The van der Waals surface area contributed by atoms with Crippen molar-refractivity contribution < 1.29 is 9.32 Å². The van der Waals surface area contributed by atoms with Crippen molar-refractivity contribution in [2.75, 3.05) is 13.1 Å². The summed E-state index contributed by atoms with van der Waals surface area (Å²) in [5, 5.41) is 4.59. The lowest BCUT2D eigenvalue weighted by Crippen LogP contribution is -2.42. The van der Waals surface area contributed by atoms with Crippen LogP contribution in [0.5, 0.6) is 0 Å². The predicted octanol–water partition coefficient (Wildman–Crippen LogP) is 3.08. The summed E-state index contributed by atoms with van der Waals surface area (Å²) in [4.78, 5) is 37.3. The number of nitrogens with zero attached hydrogens (tertiary/aromatic N) is 5. The van der Waals surface area contributed by atoms with E-state index in [0.717, 1.165) is 37.2 Å². The molecule has 1 saturated carbocycles. The van der Waals surface area contributed by atoms with Crippen LogP contribution in [0, 0.1) is 12.8 Å². The van der Waals surface area contributed by atoms with Gasteiger partial charge in [-0.05, 0) is 57.6 Å². The van der Waals surface area contributed by atoms with E-state index in [-0.39, 0.29) is 22.8 Å². The summed E-state index contributed by atoms with van der Waals surface area (Å²) in [6.07, 6.45) is 6.52. The molecule has 0 spiro atoms. The smallest absolute Gasteiger partial charge is 0.259 e. The second kappa shape index (κ2) is 7.90. The summed E-state index contributed by atoms with van der Waals surface area (Å²) in [6.45, 7) is 5.77. The quantitative estimate of drug-likeness (QED) is 0.628. The van der Waals surface area contributed by atoms with Crippen LogP contribution in [0.3, 0.4) is 0 Å². The highest BCUT2D eigenvalue weighted by molar-refractivity contribution is 5.97. The zero-order valence-corrected chi connectivity index (χ0v) is 18.0. The molecule has 5 rings (SSSR count). The third-order valence-electron chi connectivity index (χ3n) is 6.33. The van der Waals surface area contributed by atoms with Gasteiger partial charge in [0.1, 0.15) is 11.2 Å². The Bertz CT molecular complexity index is 1190. The number of carbonyl (C=O) groups excluding carboxylic acids is 1. The number of pyridine rings is 2. The van der Waals surface area contributed by atoms with E-state index in [1.54, 1.807) is 17.2 Å². The second-order valence-electron chi connectivity index (χ2n) is 8.77. The fraction of sp³-hybridized carbons (Fsp3) is 0.522. The van der Waals surface area contributed by atoms with E-state index < -0.39 is 0 Å². The van der Waals surface area contributed by atoms with Gasteiger partial charge in [0.05, 0.1) is 5.39 Å². The highest BCUT2D eigenvalue weighted by atomic mass is 16.5. The Kier molecular flexibility index (Phi) is 5.08. The van der Waals surface area contributed by atoms with Crippen LogP contribution >= 0.6 is 0 Å². The Morgan fingerprint density at radius 1 is 1.23 bits per heavy atom. The molecule has 0 radical (unpaired) electrons. The maximum atomic E-state index is 13.3. The van der Waals surface area contributed by atoms with Gasteiger partial charge < -0.3 is 14.0 Å². The molecule has 4 heterocycles. The SMILES string of the molecule is CCn1cc(C(=O)N2CCCC(Cc3nc(C4CC4)no3)C2)c(=O)c2ccc(C)nc21. The first-order valence-electron chi connectivity index (χ1n) is 11.2. The van der Waals surface area contributed by atoms with Gasteiger partial charge in [0.25, 0.3) is 5.91 Å². The predicted molar refractivity (Wildman–Crippen MR) is 115 cm³/mol. The Labute approximate surface area is 180 Å². The first-order chi connectivity index (χ1) is 15.0. The van der Waals surface area contributed by atoms with Crippen LogP contribution in [-0.2, 0) is 13.0 Å². The molecule has 162 valence electrons. The van der Waals surface area contributed by atoms with Gasteiger partial charge in [-0.3, -0.25) is 9.59 Å². The molecule has 1 aliphatic carbocycles. The van der Waals surface area contributed by atoms with Gasteiger partial charge in [-0.1, -0.05) is 5.16 Å². The van der Waals surface area contributed by atoms with E-state index in [9.17, 15) is 9.59 Å². The van der Waals surface area contributed by atoms with Crippen molar-refractivity contribution >= 4 is 16.9 Å². The van der Waals surface area contributed by atoms with Crippen molar-refractivity contribution in [1.82, 2.24) is 24.6 Å². The van der Waals surface area contributed by atoms with Crippen LogP contribution in [0.1, 0.15) is 66.3 Å². The number of fused-ring (bicyclic) bond motifs is 1. The lowest BCUT2D eigenvalue weighted by Gasteiger charge is -2.32. The van der Waals surface area contributed by atoms with Gasteiger partial charge in [0.15, 0.2) is 5.82 Å².